The van der Waals surface area contributed by atoms with E-state index in [1.807, 2.05) is 5.38 Å². The predicted molar refractivity (Wildman–Crippen MR) is 76.9 cm³/mol. The van der Waals surface area contributed by atoms with Crippen LogP contribution >= 0.6 is 22.9 Å². The van der Waals surface area contributed by atoms with Crippen molar-refractivity contribution >= 4 is 38.1 Å². The van der Waals surface area contributed by atoms with Gasteiger partial charge in [0.25, 0.3) is 0 Å². The fraction of sp³-hybridized carbons (Fsp3) is 0.182. The molecule has 1 aromatic carbocycles. The second-order valence-corrected chi connectivity index (χ2v) is 6.88. The summed E-state index contributed by atoms with van der Waals surface area (Å²) in [6, 6.07) is 6.12. The van der Waals surface area contributed by atoms with Gasteiger partial charge < -0.3 is 5.73 Å². The van der Waals surface area contributed by atoms with Gasteiger partial charge in [-0.1, -0.05) is 17.7 Å². The van der Waals surface area contributed by atoms with Gasteiger partial charge in [-0.3, -0.25) is 0 Å². The van der Waals surface area contributed by atoms with E-state index in [1.54, 1.807) is 12.1 Å². The number of benzene rings is 1. The van der Waals surface area contributed by atoms with Crippen LogP contribution in [0, 0.1) is 0 Å². The number of nitrogens with zero attached hydrogens (tertiary/aromatic N) is 1. The zero-order chi connectivity index (χ0) is 13.9. The molecule has 19 heavy (non-hydrogen) atoms. The Labute approximate surface area is 120 Å². The summed E-state index contributed by atoms with van der Waals surface area (Å²) >= 11 is 7.10. The summed E-state index contributed by atoms with van der Waals surface area (Å²) in [5.41, 5.74) is 6.27. The Balaban J connectivity index is 1.98. The minimum absolute atomic E-state index is 0.151. The lowest BCUT2D eigenvalue weighted by Crippen LogP contribution is -2.26. The predicted octanol–water partition coefficient (Wildman–Crippen LogP) is 1.90. The highest BCUT2D eigenvalue weighted by Crippen LogP contribution is 2.15. The quantitative estimate of drug-likeness (QED) is 0.882. The minimum atomic E-state index is -3.54. The second kappa shape index (κ2) is 5.87. The first-order valence-corrected chi connectivity index (χ1v) is 8.16. The molecule has 8 heteroatoms. The Morgan fingerprint density at radius 1 is 1.42 bits per heavy atom. The summed E-state index contributed by atoms with van der Waals surface area (Å²) in [6.45, 7) is 0.262. The highest BCUT2D eigenvalue weighted by Gasteiger charge is 2.13. The van der Waals surface area contributed by atoms with Crippen molar-refractivity contribution in [3.8, 4) is 0 Å². The number of rotatable bonds is 5. The number of halogens is 1. The van der Waals surface area contributed by atoms with Crippen molar-refractivity contribution in [2.24, 2.45) is 0 Å². The molecule has 102 valence electrons. The number of thiazole rings is 1. The van der Waals surface area contributed by atoms with Crippen LogP contribution in [-0.2, 0) is 16.4 Å². The molecule has 0 fully saturated rings. The smallest absolute Gasteiger partial charge is 0.240 e. The Morgan fingerprint density at radius 2 is 2.21 bits per heavy atom. The van der Waals surface area contributed by atoms with E-state index in [2.05, 4.69) is 9.71 Å². The normalized spacial score (nSPS) is 11.6. The van der Waals surface area contributed by atoms with Crippen molar-refractivity contribution in [3.05, 3.63) is 40.4 Å². The zero-order valence-corrected chi connectivity index (χ0v) is 12.2. The van der Waals surface area contributed by atoms with Crippen LogP contribution in [0.4, 0.5) is 5.13 Å². The van der Waals surface area contributed by atoms with Crippen LogP contribution in [0.3, 0.4) is 0 Å². The molecular formula is C11H12ClN3O2S2. The van der Waals surface area contributed by atoms with Gasteiger partial charge in [0.1, 0.15) is 0 Å². The summed E-state index contributed by atoms with van der Waals surface area (Å²) < 4.78 is 26.4. The van der Waals surface area contributed by atoms with Gasteiger partial charge in [-0.05, 0) is 18.2 Å². The zero-order valence-electron chi connectivity index (χ0n) is 9.84. The molecular weight excluding hydrogens is 306 g/mol. The van der Waals surface area contributed by atoms with Crippen molar-refractivity contribution in [1.82, 2.24) is 9.71 Å². The standard InChI is InChI=1S/C11H12ClN3O2S2/c12-8-2-1-3-10(6-8)19(16,17)14-5-4-9-7-18-11(13)15-9/h1-3,6-7,14H,4-5H2,(H2,13,15). The molecule has 0 unspecified atom stereocenters. The van der Waals surface area contributed by atoms with E-state index in [0.717, 1.165) is 5.69 Å². The fourth-order valence-corrected chi connectivity index (χ4v) is 3.40. The third-order valence-electron chi connectivity index (χ3n) is 2.35. The van der Waals surface area contributed by atoms with Gasteiger partial charge in [0.05, 0.1) is 10.6 Å². The maximum atomic E-state index is 12.0. The first kappa shape index (κ1) is 14.3. The van der Waals surface area contributed by atoms with Gasteiger partial charge in [-0.25, -0.2) is 18.1 Å². The number of hydrogen-bond donors (Lipinski definition) is 2. The first-order chi connectivity index (χ1) is 8.97. The van der Waals surface area contributed by atoms with Crippen LogP contribution in [0.15, 0.2) is 34.5 Å². The molecule has 5 nitrogen and oxygen atoms in total. The number of nitrogens with one attached hydrogen (secondary N) is 1. The number of anilines is 1. The third-order valence-corrected chi connectivity index (χ3v) is 4.77. The third kappa shape index (κ3) is 3.90. The maximum Gasteiger partial charge on any atom is 0.240 e. The summed E-state index contributed by atoms with van der Waals surface area (Å²) in [6.07, 6.45) is 0.494. The maximum absolute atomic E-state index is 12.0. The Hall–Kier alpha value is -1.15. The lowest BCUT2D eigenvalue weighted by Gasteiger charge is -2.06. The number of hydrogen-bond acceptors (Lipinski definition) is 5. The van der Waals surface area contributed by atoms with Crippen molar-refractivity contribution in [2.75, 3.05) is 12.3 Å². The van der Waals surface area contributed by atoms with E-state index in [0.29, 0.717) is 16.6 Å². The Morgan fingerprint density at radius 3 is 2.84 bits per heavy atom. The van der Waals surface area contributed by atoms with Crippen LogP contribution in [0.5, 0.6) is 0 Å². The van der Waals surface area contributed by atoms with Crippen molar-refractivity contribution in [3.63, 3.8) is 0 Å². The molecule has 0 aliphatic rings. The van der Waals surface area contributed by atoms with Gasteiger partial charge in [-0.2, -0.15) is 0 Å². The molecule has 0 saturated carbocycles. The van der Waals surface area contributed by atoms with Crippen LogP contribution in [-0.4, -0.2) is 19.9 Å². The molecule has 0 bridgehead atoms. The second-order valence-electron chi connectivity index (χ2n) is 3.78. The van der Waals surface area contributed by atoms with E-state index in [9.17, 15) is 8.42 Å². The van der Waals surface area contributed by atoms with Crippen LogP contribution in [0.25, 0.3) is 0 Å². The molecule has 0 aliphatic heterocycles. The number of nitrogen functional groups attached to an aromatic ring is 1. The first-order valence-electron chi connectivity index (χ1n) is 5.42. The van der Waals surface area contributed by atoms with Gasteiger partial charge in [-0.15, -0.1) is 11.3 Å². The van der Waals surface area contributed by atoms with Gasteiger partial charge in [0.15, 0.2) is 5.13 Å². The molecule has 2 rings (SSSR count). The largest absolute Gasteiger partial charge is 0.375 e. The number of nitrogens with two attached hydrogens (primary N) is 1. The number of aromatic nitrogens is 1. The molecule has 3 N–H and O–H groups in total. The topological polar surface area (TPSA) is 85.1 Å². The van der Waals surface area contributed by atoms with Gasteiger partial charge in [0.2, 0.25) is 10.0 Å². The Bertz CT molecular complexity index is 670. The summed E-state index contributed by atoms with van der Waals surface area (Å²) in [5.74, 6) is 0. The molecule has 1 heterocycles. The van der Waals surface area contributed by atoms with E-state index >= 15 is 0 Å². The monoisotopic (exact) mass is 317 g/mol. The fourth-order valence-electron chi connectivity index (χ4n) is 1.47. The van der Waals surface area contributed by atoms with Crippen molar-refractivity contribution in [1.29, 1.82) is 0 Å². The van der Waals surface area contributed by atoms with Crippen LogP contribution < -0.4 is 10.5 Å². The molecule has 0 aliphatic carbocycles. The lowest BCUT2D eigenvalue weighted by molar-refractivity contribution is 0.581. The molecule has 0 radical (unpaired) electrons. The van der Waals surface area contributed by atoms with Crippen molar-refractivity contribution in [2.45, 2.75) is 11.3 Å². The number of sulfonamides is 1. The van der Waals surface area contributed by atoms with E-state index in [1.165, 1.54) is 23.5 Å². The van der Waals surface area contributed by atoms with Crippen LogP contribution in [0.1, 0.15) is 5.69 Å². The average Bonchev–Trinajstić information content (AvgIpc) is 2.75. The summed E-state index contributed by atoms with van der Waals surface area (Å²) in [5, 5.41) is 2.67. The summed E-state index contributed by atoms with van der Waals surface area (Å²) in [7, 11) is -3.54. The van der Waals surface area contributed by atoms with Gasteiger partial charge >= 0.3 is 0 Å². The molecule has 0 atom stereocenters. The van der Waals surface area contributed by atoms with Gasteiger partial charge in [0, 0.05) is 23.4 Å². The molecule has 0 spiro atoms. The minimum Gasteiger partial charge on any atom is -0.375 e. The Kier molecular flexibility index (Phi) is 4.41. The SMILES string of the molecule is Nc1nc(CCNS(=O)(=O)c2cccc(Cl)c2)cs1. The average molecular weight is 318 g/mol. The van der Waals surface area contributed by atoms with E-state index in [4.69, 9.17) is 17.3 Å². The summed E-state index contributed by atoms with van der Waals surface area (Å²) in [4.78, 5) is 4.21. The van der Waals surface area contributed by atoms with Crippen LogP contribution in [0.2, 0.25) is 5.02 Å². The molecule has 0 saturated heterocycles. The molecule has 0 amide bonds. The lowest BCUT2D eigenvalue weighted by atomic mass is 10.3. The van der Waals surface area contributed by atoms with E-state index in [-0.39, 0.29) is 11.4 Å². The highest BCUT2D eigenvalue weighted by atomic mass is 35.5. The highest BCUT2D eigenvalue weighted by molar-refractivity contribution is 7.89. The molecule has 1 aromatic heterocycles. The van der Waals surface area contributed by atoms with E-state index < -0.39 is 10.0 Å². The molecule has 2 aromatic rings. The van der Waals surface area contributed by atoms with Crippen molar-refractivity contribution < 1.29 is 8.42 Å².